The van der Waals surface area contributed by atoms with Gasteiger partial charge in [0.25, 0.3) is 5.91 Å². The fourth-order valence-corrected chi connectivity index (χ4v) is 4.75. The summed E-state index contributed by atoms with van der Waals surface area (Å²) in [5.74, 6) is 0.222. The quantitative estimate of drug-likeness (QED) is 0.681. The van der Waals surface area contributed by atoms with Crippen LogP contribution in [0.4, 0.5) is 0 Å². The van der Waals surface area contributed by atoms with Crippen LogP contribution in [-0.2, 0) is 17.1 Å². The largest absolute Gasteiger partial charge is 0.345 e. The minimum absolute atomic E-state index is 0.120. The smallest absolute Gasteiger partial charge is 0.270 e. The lowest BCUT2D eigenvalue weighted by Crippen LogP contribution is -2.39. The van der Waals surface area contributed by atoms with Crippen LogP contribution in [0, 0.1) is 5.92 Å². The third kappa shape index (κ3) is 4.86. The van der Waals surface area contributed by atoms with E-state index in [1.54, 1.807) is 17.8 Å². The Labute approximate surface area is 157 Å². The van der Waals surface area contributed by atoms with Crippen LogP contribution in [-0.4, -0.2) is 79.8 Å². The molecule has 0 aliphatic carbocycles. The molecule has 1 saturated heterocycles. The molecule has 1 aliphatic rings. The van der Waals surface area contributed by atoms with Gasteiger partial charge in [-0.2, -0.15) is 4.31 Å². The Morgan fingerprint density at radius 3 is 2.35 bits per heavy atom. The number of nitrogens with zero attached hydrogens (tertiary/aromatic N) is 4. The molecule has 26 heavy (non-hydrogen) atoms. The van der Waals surface area contributed by atoms with Crippen LogP contribution in [0.3, 0.4) is 0 Å². The molecule has 8 heteroatoms. The van der Waals surface area contributed by atoms with E-state index in [0.29, 0.717) is 37.8 Å². The third-order valence-corrected chi connectivity index (χ3v) is 6.46. The van der Waals surface area contributed by atoms with Gasteiger partial charge in [0.05, 0.1) is 0 Å². The first-order valence-corrected chi connectivity index (χ1v) is 10.7. The van der Waals surface area contributed by atoms with Crippen LogP contribution < -0.4 is 0 Å². The van der Waals surface area contributed by atoms with E-state index in [1.807, 2.05) is 23.9 Å². The molecule has 1 fully saturated rings. The molecule has 0 bridgehead atoms. The number of aromatic nitrogens is 1. The van der Waals surface area contributed by atoms with E-state index in [2.05, 4.69) is 13.8 Å². The first-order valence-electron chi connectivity index (χ1n) is 9.23. The van der Waals surface area contributed by atoms with Gasteiger partial charge in [-0.15, -0.1) is 0 Å². The average Bonchev–Trinajstić information content (AvgIpc) is 3.20. The first-order chi connectivity index (χ1) is 12.1. The van der Waals surface area contributed by atoms with Crippen LogP contribution >= 0.6 is 0 Å². The fraction of sp³-hybridized carbons (Fsp3) is 0.722. The molecule has 7 nitrogen and oxygen atoms in total. The van der Waals surface area contributed by atoms with Gasteiger partial charge in [-0.1, -0.05) is 13.8 Å². The topological polar surface area (TPSA) is 65.9 Å². The summed E-state index contributed by atoms with van der Waals surface area (Å²) in [6.07, 6.45) is 3.34. The normalized spacial score (nSPS) is 16.0. The molecule has 2 heterocycles. The molecular formula is C18H32N4O3S. The Morgan fingerprint density at radius 1 is 1.19 bits per heavy atom. The summed E-state index contributed by atoms with van der Waals surface area (Å²) in [7, 11) is 2.16. The molecule has 0 unspecified atom stereocenters. The van der Waals surface area contributed by atoms with Gasteiger partial charge in [0.15, 0.2) is 0 Å². The summed E-state index contributed by atoms with van der Waals surface area (Å²) in [6.45, 7) is 7.29. The predicted molar refractivity (Wildman–Crippen MR) is 103 cm³/mol. The summed E-state index contributed by atoms with van der Waals surface area (Å²) in [5.41, 5.74) is 0.419. The lowest BCUT2D eigenvalue weighted by Gasteiger charge is -2.26. The van der Waals surface area contributed by atoms with E-state index >= 15 is 0 Å². The Balaban J connectivity index is 2.25. The highest BCUT2D eigenvalue weighted by Gasteiger charge is 2.30. The molecule has 2 rings (SSSR count). The molecule has 1 aliphatic heterocycles. The van der Waals surface area contributed by atoms with Crippen LogP contribution in [0.1, 0.15) is 37.2 Å². The minimum Gasteiger partial charge on any atom is -0.345 e. The van der Waals surface area contributed by atoms with Gasteiger partial charge in [-0.05, 0) is 38.9 Å². The molecule has 1 aromatic heterocycles. The van der Waals surface area contributed by atoms with Crippen molar-refractivity contribution in [1.82, 2.24) is 18.7 Å². The molecular weight excluding hydrogens is 352 g/mol. The number of amides is 1. The maximum absolute atomic E-state index is 13.1. The Morgan fingerprint density at radius 2 is 1.81 bits per heavy atom. The van der Waals surface area contributed by atoms with Gasteiger partial charge in [0.2, 0.25) is 10.0 Å². The highest BCUT2D eigenvalue weighted by atomic mass is 32.2. The molecule has 0 aromatic carbocycles. The molecule has 0 atom stereocenters. The zero-order chi connectivity index (χ0) is 19.5. The van der Waals surface area contributed by atoms with Crippen molar-refractivity contribution in [1.29, 1.82) is 0 Å². The van der Waals surface area contributed by atoms with Crippen LogP contribution in [0.2, 0.25) is 0 Å². The van der Waals surface area contributed by atoms with E-state index < -0.39 is 10.0 Å². The average molecular weight is 385 g/mol. The second-order valence-corrected chi connectivity index (χ2v) is 9.67. The lowest BCUT2D eigenvalue weighted by molar-refractivity contribution is 0.0715. The molecule has 0 spiro atoms. The van der Waals surface area contributed by atoms with Crippen molar-refractivity contribution in [2.45, 2.75) is 31.6 Å². The second kappa shape index (κ2) is 8.54. The summed E-state index contributed by atoms with van der Waals surface area (Å²) in [5, 5.41) is 0. The summed E-state index contributed by atoms with van der Waals surface area (Å²) >= 11 is 0. The number of hydrogen-bond donors (Lipinski definition) is 0. The van der Waals surface area contributed by atoms with E-state index in [4.69, 9.17) is 0 Å². The van der Waals surface area contributed by atoms with Gasteiger partial charge in [0, 0.05) is 46.0 Å². The number of hydrogen-bond acceptors (Lipinski definition) is 4. The van der Waals surface area contributed by atoms with Crippen molar-refractivity contribution in [3.8, 4) is 0 Å². The van der Waals surface area contributed by atoms with Gasteiger partial charge in [-0.3, -0.25) is 4.79 Å². The molecule has 0 N–H and O–H groups in total. The molecule has 0 radical (unpaired) electrons. The minimum atomic E-state index is -3.51. The highest BCUT2D eigenvalue weighted by Crippen LogP contribution is 2.23. The number of carbonyl (C=O) groups is 1. The summed E-state index contributed by atoms with van der Waals surface area (Å²) < 4.78 is 28.7. The maximum atomic E-state index is 13.1. The van der Waals surface area contributed by atoms with E-state index in [0.717, 1.165) is 19.4 Å². The van der Waals surface area contributed by atoms with Crippen LogP contribution in [0.5, 0.6) is 0 Å². The standard InChI is InChI=1S/C18H32N4O3S/c1-15(2)13-21(11-10-19(3)4)18(23)17-12-16(14-20(17)5)26(24,25)22-8-6-7-9-22/h12,14-15H,6-11,13H2,1-5H3. The van der Waals surface area contributed by atoms with Crippen molar-refractivity contribution < 1.29 is 13.2 Å². The fourth-order valence-electron chi connectivity index (χ4n) is 3.16. The van der Waals surface area contributed by atoms with E-state index in [9.17, 15) is 13.2 Å². The van der Waals surface area contributed by atoms with Crippen LogP contribution in [0.15, 0.2) is 17.2 Å². The molecule has 1 aromatic rings. The SMILES string of the molecule is CC(C)CN(CCN(C)C)C(=O)c1cc(S(=O)(=O)N2CCCC2)cn1C. The van der Waals surface area contributed by atoms with Gasteiger partial charge in [0.1, 0.15) is 10.6 Å². The number of rotatable bonds is 8. The van der Waals surface area contributed by atoms with Gasteiger partial charge in [-0.25, -0.2) is 8.42 Å². The molecule has 1 amide bonds. The van der Waals surface area contributed by atoms with E-state index in [1.165, 1.54) is 10.4 Å². The Kier molecular flexibility index (Phi) is 6.87. The monoisotopic (exact) mass is 384 g/mol. The zero-order valence-corrected chi connectivity index (χ0v) is 17.4. The maximum Gasteiger partial charge on any atom is 0.270 e. The van der Waals surface area contributed by atoms with Gasteiger partial charge >= 0.3 is 0 Å². The first kappa shape index (κ1) is 20.9. The highest BCUT2D eigenvalue weighted by molar-refractivity contribution is 7.89. The second-order valence-electron chi connectivity index (χ2n) is 7.73. The number of aryl methyl sites for hydroxylation is 1. The Hall–Kier alpha value is -1.38. The number of carbonyl (C=O) groups excluding carboxylic acids is 1. The van der Waals surface area contributed by atoms with Crippen molar-refractivity contribution >= 4 is 15.9 Å². The van der Waals surface area contributed by atoms with Crippen LogP contribution in [0.25, 0.3) is 0 Å². The number of sulfonamides is 1. The number of likely N-dealkylation sites (N-methyl/N-ethyl adjacent to an activating group) is 1. The zero-order valence-electron chi connectivity index (χ0n) is 16.6. The predicted octanol–water partition coefficient (Wildman–Crippen LogP) is 1.47. The molecule has 0 saturated carbocycles. The van der Waals surface area contributed by atoms with E-state index in [-0.39, 0.29) is 10.8 Å². The third-order valence-electron chi connectivity index (χ3n) is 4.59. The summed E-state index contributed by atoms with van der Waals surface area (Å²) in [4.78, 5) is 17.1. The summed E-state index contributed by atoms with van der Waals surface area (Å²) in [6, 6.07) is 1.53. The van der Waals surface area contributed by atoms with Crippen molar-refractivity contribution in [2.75, 3.05) is 46.8 Å². The van der Waals surface area contributed by atoms with Crippen molar-refractivity contribution in [2.24, 2.45) is 13.0 Å². The lowest BCUT2D eigenvalue weighted by atomic mass is 10.2. The van der Waals surface area contributed by atoms with Crippen molar-refractivity contribution in [3.63, 3.8) is 0 Å². The molecule has 148 valence electrons. The van der Waals surface area contributed by atoms with Crippen molar-refractivity contribution in [3.05, 3.63) is 18.0 Å². The Bertz CT molecular complexity index is 719. The van der Waals surface area contributed by atoms with Gasteiger partial charge < -0.3 is 14.4 Å².